The van der Waals surface area contributed by atoms with Gasteiger partial charge in [-0.05, 0) is 85.2 Å². The summed E-state index contributed by atoms with van der Waals surface area (Å²) in [4.78, 5) is 18.5. The van der Waals surface area contributed by atoms with Crippen molar-refractivity contribution in [3.63, 3.8) is 0 Å². The van der Waals surface area contributed by atoms with Gasteiger partial charge in [-0.3, -0.25) is 9.69 Å². The third kappa shape index (κ3) is 4.36. The van der Waals surface area contributed by atoms with E-state index in [1.807, 2.05) is 31.2 Å². The van der Waals surface area contributed by atoms with Gasteiger partial charge in [0.05, 0.1) is 13.2 Å². The molecule has 0 saturated carbocycles. The number of H-pyrrole nitrogens is 1. The summed E-state index contributed by atoms with van der Waals surface area (Å²) >= 11 is 0. The highest BCUT2D eigenvalue weighted by Gasteiger charge is 2.32. The van der Waals surface area contributed by atoms with E-state index in [4.69, 9.17) is 4.74 Å². The monoisotopic (exact) mass is 448 g/mol. The third-order valence-corrected chi connectivity index (χ3v) is 6.01. The number of aromatic nitrogens is 5. The van der Waals surface area contributed by atoms with Crippen LogP contribution in [0.2, 0.25) is 0 Å². The van der Waals surface area contributed by atoms with Gasteiger partial charge in [0.2, 0.25) is 0 Å². The molecule has 0 spiro atoms. The van der Waals surface area contributed by atoms with Crippen molar-refractivity contribution in [1.29, 1.82) is 0 Å². The zero-order valence-corrected chi connectivity index (χ0v) is 18.4. The standard InChI is InChI=1S/C24H25FN6O2/c1-2-33-19-9-10-21-17(13-19)14-20(24(32)26-21)22(30-11-3-4-12-30)23-27-28-29-31(23)15-16-5-7-18(25)8-6-16/h5-10,13-14,22H,2-4,11-12,15H2,1H3,(H,26,32)/t22-/m1/s1. The molecule has 0 aliphatic carbocycles. The van der Waals surface area contributed by atoms with Crippen LogP contribution < -0.4 is 10.3 Å². The molecule has 1 atom stereocenters. The number of tetrazole rings is 1. The maximum atomic E-state index is 13.3. The van der Waals surface area contributed by atoms with Crippen LogP contribution in [0.25, 0.3) is 10.9 Å². The second-order valence-electron chi connectivity index (χ2n) is 8.20. The summed E-state index contributed by atoms with van der Waals surface area (Å²) in [6.45, 7) is 4.59. The number of nitrogens with zero attached hydrogens (tertiary/aromatic N) is 5. The van der Waals surface area contributed by atoms with Gasteiger partial charge in [0.25, 0.3) is 5.56 Å². The topological polar surface area (TPSA) is 88.9 Å². The number of aromatic amines is 1. The van der Waals surface area contributed by atoms with Gasteiger partial charge < -0.3 is 9.72 Å². The Morgan fingerprint density at radius 2 is 1.91 bits per heavy atom. The molecule has 1 aliphatic heterocycles. The fourth-order valence-electron chi connectivity index (χ4n) is 4.44. The molecule has 0 unspecified atom stereocenters. The molecule has 33 heavy (non-hydrogen) atoms. The Kier molecular flexibility index (Phi) is 5.87. The average Bonchev–Trinajstić information content (AvgIpc) is 3.50. The Labute approximate surface area is 190 Å². The van der Waals surface area contributed by atoms with Gasteiger partial charge in [0.1, 0.15) is 17.6 Å². The largest absolute Gasteiger partial charge is 0.494 e. The molecule has 170 valence electrons. The highest BCUT2D eigenvalue weighted by atomic mass is 19.1. The summed E-state index contributed by atoms with van der Waals surface area (Å²) in [6.07, 6.45) is 2.10. The lowest BCUT2D eigenvalue weighted by Gasteiger charge is -2.26. The molecular formula is C24H25FN6O2. The van der Waals surface area contributed by atoms with Gasteiger partial charge >= 0.3 is 0 Å². The number of rotatable bonds is 7. The van der Waals surface area contributed by atoms with E-state index in [9.17, 15) is 9.18 Å². The van der Waals surface area contributed by atoms with Crippen LogP contribution in [0.15, 0.2) is 53.3 Å². The number of halogens is 1. The van der Waals surface area contributed by atoms with Gasteiger partial charge in [-0.25, -0.2) is 9.07 Å². The van der Waals surface area contributed by atoms with E-state index in [0.717, 1.165) is 48.1 Å². The van der Waals surface area contributed by atoms with E-state index < -0.39 is 6.04 Å². The summed E-state index contributed by atoms with van der Waals surface area (Å²) in [6, 6.07) is 13.4. The lowest BCUT2D eigenvalue weighted by Crippen LogP contribution is -2.33. The summed E-state index contributed by atoms with van der Waals surface area (Å²) in [5, 5.41) is 13.3. The molecule has 5 rings (SSSR count). The van der Waals surface area contributed by atoms with Gasteiger partial charge in [-0.2, -0.15) is 0 Å². The summed E-state index contributed by atoms with van der Waals surface area (Å²) < 4.78 is 20.7. The van der Waals surface area contributed by atoms with E-state index in [2.05, 4.69) is 25.4 Å². The fourth-order valence-corrected chi connectivity index (χ4v) is 4.44. The number of benzene rings is 2. The normalized spacial score (nSPS) is 15.2. The van der Waals surface area contributed by atoms with Crippen LogP contribution >= 0.6 is 0 Å². The number of likely N-dealkylation sites (tertiary alicyclic amines) is 1. The van der Waals surface area contributed by atoms with Crippen LogP contribution in [0.1, 0.15) is 42.8 Å². The van der Waals surface area contributed by atoms with Crippen molar-refractivity contribution in [3.8, 4) is 5.75 Å². The van der Waals surface area contributed by atoms with Crippen molar-refractivity contribution in [2.75, 3.05) is 19.7 Å². The second kappa shape index (κ2) is 9.11. The molecule has 3 heterocycles. The molecule has 0 amide bonds. The van der Waals surface area contributed by atoms with E-state index in [0.29, 0.717) is 24.5 Å². The predicted octanol–water partition coefficient (Wildman–Crippen LogP) is 3.29. The fraction of sp³-hybridized carbons (Fsp3) is 0.333. The van der Waals surface area contributed by atoms with Crippen LogP contribution in [0, 0.1) is 5.82 Å². The zero-order valence-electron chi connectivity index (χ0n) is 18.4. The average molecular weight is 449 g/mol. The molecule has 1 aliphatic rings. The number of nitrogens with one attached hydrogen (secondary N) is 1. The van der Waals surface area contributed by atoms with Crippen LogP contribution in [0.3, 0.4) is 0 Å². The third-order valence-electron chi connectivity index (χ3n) is 6.01. The Morgan fingerprint density at radius 1 is 1.12 bits per heavy atom. The minimum atomic E-state index is -0.396. The lowest BCUT2D eigenvalue weighted by atomic mass is 10.0. The molecule has 9 heteroatoms. The molecule has 1 N–H and O–H groups in total. The van der Waals surface area contributed by atoms with Crippen molar-refractivity contribution in [3.05, 3.63) is 81.7 Å². The van der Waals surface area contributed by atoms with Crippen molar-refractivity contribution < 1.29 is 9.13 Å². The summed E-state index contributed by atoms with van der Waals surface area (Å²) in [7, 11) is 0. The van der Waals surface area contributed by atoms with Crippen molar-refractivity contribution in [1.82, 2.24) is 30.1 Å². The van der Waals surface area contributed by atoms with Crippen LogP contribution in [0.5, 0.6) is 5.75 Å². The van der Waals surface area contributed by atoms with E-state index in [-0.39, 0.29) is 11.4 Å². The molecule has 2 aromatic heterocycles. The number of ether oxygens (including phenoxy) is 1. The molecule has 1 saturated heterocycles. The van der Waals surface area contributed by atoms with E-state index in [1.54, 1.807) is 16.8 Å². The van der Waals surface area contributed by atoms with Gasteiger partial charge in [0, 0.05) is 16.5 Å². The Balaban J connectivity index is 1.59. The molecule has 4 aromatic rings. The predicted molar refractivity (Wildman–Crippen MR) is 122 cm³/mol. The van der Waals surface area contributed by atoms with Gasteiger partial charge in [-0.15, -0.1) is 5.10 Å². The van der Waals surface area contributed by atoms with Crippen molar-refractivity contribution in [2.24, 2.45) is 0 Å². The number of pyridine rings is 1. The highest BCUT2D eigenvalue weighted by Crippen LogP contribution is 2.30. The van der Waals surface area contributed by atoms with Crippen LogP contribution in [-0.2, 0) is 6.54 Å². The lowest BCUT2D eigenvalue weighted by molar-refractivity contribution is 0.263. The molecule has 1 fully saturated rings. The van der Waals surface area contributed by atoms with Crippen molar-refractivity contribution >= 4 is 10.9 Å². The van der Waals surface area contributed by atoms with Crippen LogP contribution in [-0.4, -0.2) is 49.8 Å². The second-order valence-corrected chi connectivity index (χ2v) is 8.20. The summed E-state index contributed by atoms with van der Waals surface area (Å²) in [5.74, 6) is 1.05. The van der Waals surface area contributed by atoms with Gasteiger partial charge in [0.15, 0.2) is 5.82 Å². The maximum absolute atomic E-state index is 13.3. The highest BCUT2D eigenvalue weighted by molar-refractivity contribution is 5.80. The molecule has 0 bridgehead atoms. The Morgan fingerprint density at radius 3 is 2.67 bits per heavy atom. The maximum Gasteiger partial charge on any atom is 0.253 e. The molecule has 2 aromatic carbocycles. The Hall–Kier alpha value is -3.59. The van der Waals surface area contributed by atoms with Gasteiger partial charge in [-0.1, -0.05) is 12.1 Å². The van der Waals surface area contributed by atoms with Crippen LogP contribution in [0.4, 0.5) is 4.39 Å². The number of hydrogen-bond acceptors (Lipinski definition) is 6. The first-order valence-corrected chi connectivity index (χ1v) is 11.2. The molecule has 8 nitrogen and oxygen atoms in total. The summed E-state index contributed by atoms with van der Waals surface area (Å²) in [5.41, 5.74) is 2.05. The molecular weight excluding hydrogens is 423 g/mol. The number of fused-ring (bicyclic) bond motifs is 1. The minimum Gasteiger partial charge on any atom is -0.494 e. The van der Waals surface area contributed by atoms with E-state index >= 15 is 0 Å². The first-order valence-electron chi connectivity index (χ1n) is 11.2. The smallest absolute Gasteiger partial charge is 0.253 e. The van der Waals surface area contributed by atoms with Crippen molar-refractivity contribution in [2.45, 2.75) is 32.4 Å². The zero-order chi connectivity index (χ0) is 22.8. The van der Waals surface area contributed by atoms with E-state index in [1.165, 1.54) is 12.1 Å². The Bertz CT molecular complexity index is 1310. The minimum absolute atomic E-state index is 0.167. The quantitative estimate of drug-likeness (QED) is 0.467. The molecule has 0 radical (unpaired) electrons. The number of hydrogen-bond donors (Lipinski definition) is 1. The first-order chi connectivity index (χ1) is 16.1. The first kappa shape index (κ1) is 21.3. The SMILES string of the molecule is CCOc1ccc2[nH]c(=O)c([C@H](c3nnnn3Cc3ccc(F)cc3)N3CCCC3)cc2c1.